The van der Waals surface area contributed by atoms with Crippen LogP contribution in [0.4, 0.5) is 11.5 Å². The molecule has 27 heavy (non-hydrogen) atoms. The molecule has 0 bridgehead atoms. The molecule has 1 aromatic heterocycles. The number of aromatic nitrogens is 1. The van der Waals surface area contributed by atoms with E-state index in [1.165, 1.54) is 37.7 Å². The topological polar surface area (TPSA) is 54.5 Å². The Morgan fingerprint density at radius 1 is 1.00 bits per heavy atom. The second kappa shape index (κ2) is 8.53. The predicted molar refractivity (Wildman–Crippen MR) is 107 cm³/mol. The van der Waals surface area contributed by atoms with Gasteiger partial charge in [0.25, 0.3) is 5.91 Å². The van der Waals surface area contributed by atoms with Crippen molar-refractivity contribution < 1.29 is 9.53 Å². The SMILES string of the molecule is O=C(Nc1ccc(N2CCOCC2)nc1)c1ccc(C2CCCCC2)cc1. The number of hydrogen-bond acceptors (Lipinski definition) is 4. The Morgan fingerprint density at radius 2 is 1.74 bits per heavy atom. The van der Waals surface area contributed by atoms with E-state index in [1.54, 1.807) is 6.20 Å². The number of nitrogens with one attached hydrogen (secondary N) is 1. The first-order chi connectivity index (χ1) is 13.3. The van der Waals surface area contributed by atoms with E-state index in [4.69, 9.17) is 4.74 Å². The summed E-state index contributed by atoms with van der Waals surface area (Å²) < 4.78 is 5.37. The van der Waals surface area contributed by atoms with Gasteiger partial charge in [0.05, 0.1) is 25.1 Å². The zero-order valence-corrected chi connectivity index (χ0v) is 15.7. The number of hydrogen-bond donors (Lipinski definition) is 1. The Hall–Kier alpha value is -2.40. The van der Waals surface area contributed by atoms with Crippen LogP contribution in [0, 0.1) is 0 Å². The van der Waals surface area contributed by atoms with E-state index in [-0.39, 0.29) is 5.91 Å². The molecule has 0 radical (unpaired) electrons. The average molecular weight is 365 g/mol. The lowest BCUT2D eigenvalue weighted by Crippen LogP contribution is -2.36. The number of nitrogens with zero attached hydrogens (tertiary/aromatic N) is 2. The molecule has 1 saturated heterocycles. The number of pyridine rings is 1. The van der Waals surface area contributed by atoms with Crippen molar-refractivity contribution in [3.63, 3.8) is 0 Å². The lowest BCUT2D eigenvalue weighted by molar-refractivity contribution is 0.102. The summed E-state index contributed by atoms with van der Waals surface area (Å²) in [5.74, 6) is 1.49. The van der Waals surface area contributed by atoms with E-state index in [9.17, 15) is 4.79 Å². The average Bonchev–Trinajstić information content (AvgIpc) is 2.76. The van der Waals surface area contributed by atoms with Gasteiger partial charge in [0.15, 0.2) is 0 Å². The first-order valence-corrected chi connectivity index (χ1v) is 10.00. The van der Waals surface area contributed by atoms with Crippen LogP contribution in [-0.2, 0) is 4.74 Å². The number of anilines is 2. The van der Waals surface area contributed by atoms with Gasteiger partial charge < -0.3 is 15.0 Å². The van der Waals surface area contributed by atoms with Crippen molar-refractivity contribution in [3.8, 4) is 0 Å². The minimum atomic E-state index is -0.0916. The maximum absolute atomic E-state index is 12.5. The monoisotopic (exact) mass is 365 g/mol. The van der Waals surface area contributed by atoms with Gasteiger partial charge in [0.1, 0.15) is 5.82 Å². The van der Waals surface area contributed by atoms with Crippen molar-refractivity contribution in [1.82, 2.24) is 4.98 Å². The highest BCUT2D eigenvalue weighted by Crippen LogP contribution is 2.32. The first kappa shape index (κ1) is 18.0. The van der Waals surface area contributed by atoms with Crippen molar-refractivity contribution in [2.45, 2.75) is 38.0 Å². The molecule has 2 heterocycles. The fourth-order valence-corrected chi connectivity index (χ4v) is 3.99. The standard InChI is InChI=1S/C22H27N3O2/c26-22(19-8-6-18(7-9-19)17-4-2-1-3-5-17)24-20-10-11-21(23-16-20)25-12-14-27-15-13-25/h6-11,16-17H,1-5,12-15H2,(H,24,26). The molecule has 5 heteroatoms. The van der Waals surface area contributed by atoms with Crippen molar-refractivity contribution in [3.05, 3.63) is 53.7 Å². The van der Waals surface area contributed by atoms with Gasteiger partial charge in [-0.25, -0.2) is 4.98 Å². The number of morpholine rings is 1. The molecule has 1 saturated carbocycles. The molecule has 4 rings (SSSR count). The number of carbonyl (C=O) groups is 1. The molecule has 0 unspecified atom stereocenters. The van der Waals surface area contributed by atoms with Crippen molar-refractivity contribution in [1.29, 1.82) is 0 Å². The van der Waals surface area contributed by atoms with Crippen molar-refractivity contribution in [2.75, 3.05) is 36.5 Å². The predicted octanol–water partition coefficient (Wildman–Crippen LogP) is 4.22. The molecule has 2 aromatic rings. The van der Waals surface area contributed by atoms with E-state index in [1.807, 2.05) is 24.3 Å². The fourth-order valence-electron chi connectivity index (χ4n) is 3.99. The maximum atomic E-state index is 12.5. The number of benzene rings is 1. The molecule has 1 N–H and O–H groups in total. The van der Waals surface area contributed by atoms with Crippen LogP contribution >= 0.6 is 0 Å². The van der Waals surface area contributed by atoms with E-state index >= 15 is 0 Å². The van der Waals surface area contributed by atoms with E-state index in [0.29, 0.717) is 17.2 Å². The first-order valence-electron chi connectivity index (χ1n) is 10.00. The zero-order chi connectivity index (χ0) is 18.5. The van der Waals surface area contributed by atoms with Crippen LogP contribution in [0.3, 0.4) is 0 Å². The highest BCUT2D eigenvalue weighted by Gasteiger charge is 2.16. The minimum Gasteiger partial charge on any atom is -0.378 e. The summed E-state index contributed by atoms with van der Waals surface area (Å²) in [6.45, 7) is 3.17. The molecule has 0 spiro atoms. The summed E-state index contributed by atoms with van der Waals surface area (Å²) in [5.41, 5.74) is 2.77. The summed E-state index contributed by atoms with van der Waals surface area (Å²) in [6, 6.07) is 12.0. The summed E-state index contributed by atoms with van der Waals surface area (Å²) in [7, 11) is 0. The summed E-state index contributed by atoms with van der Waals surface area (Å²) in [5, 5.41) is 2.94. The molecule has 5 nitrogen and oxygen atoms in total. The normalized spacial score (nSPS) is 18.3. The highest BCUT2D eigenvalue weighted by molar-refractivity contribution is 6.04. The Morgan fingerprint density at radius 3 is 2.41 bits per heavy atom. The quantitative estimate of drug-likeness (QED) is 0.881. The fraction of sp³-hybridized carbons (Fsp3) is 0.455. The lowest BCUT2D eigenvalue weighted by atomic mass is 9.84. The van der Waals surface area contributed by atoms with Crippen LogP contribution in [0.25, 0.3) is 0 Å². The molecule has 1 amide bonds. The third-order valence-corrected chi connectivity index (χ3v) is 5.59. The van der Waals surface area contributed by atoms with Gasteiger partial charge >= 0.3 is 0 Å². The van der Waals surface area contributed by atoms with Crippen LogP contribution in [-0.4, -0.2) is 37.2 Å². The molecule has 2 fully saturated rings. The molecule has 1 aromatic carbocycles. The highest BCUT2D eigenvalue weighted by atomic mass is 16.5. The van der Waals surface area contributed by atoms with E-state index in [2.05, 4.69) is 27.3 Å². The summed E-state index contributed by atoms with van der Waals surface area (Å²) >= 11 is 0. The molecule has 1 aliphatic heterocycles. The number of ether oxygens (including phenoxy) is 1. The molecule has 1 aliphatic carbocycles. The molecular formula is C22H27N3O2. The van der Waals surface area contributed by atoms with E-state index < -0.39 is 0 Å². The van der Waals surface area contributed by atoms with Gasteiger partial charge in [-0.15, -0.1) is 0 Å². The zero-order valence-electron chi connectivity index (χ0n) is 15.7. The second-order valence-electron chi connectivity index (χ2n) is 7.42. The Kier molecular flexibility index (Phi) is 5.68. The molecular weight excluding hydrogens is 338 g/mol. The third-order valence-electron chi connectivity index (χ3n) is 5.59. The number of carbonyl (C=O) groups excluding carboxylic acids is 1. The Bertz CT molecular complexity index is 746. The van der Waals surface area contributed by atoms with Crippen LogP contribution in [0.1, 0.15) is 53.9 Å². The lowest BCUT2D eigenvalue weighted by Gasteiger charge is -2.27. The van der Waals surface area contributed by atoms with Crippen molar-refractivity contribution in [2.24, 2.45) is 0 Å². The molecule has 142 valence electrons. The minimum absolute atomic E-state index is 0.0916. The molecule has 0 atom stereocenters. The Labute approximate surface area is 160 Å². The molecule has 2 aliphatic rings. The van der Waals surface area contributed by atoms with Crippen LogP contribution < -0.4 is 10.2 Å². The van der Waals surface area contributed by atoms with Gasteiger partial charge in [0, 0.05) is 18.7 Å². The van der Waals surface area contributed by atoms with Gasteiger partial charge in [-0.1, -0.05) is 31.4 Å². The van der Waals surface area contributed by atoms with Gasteiger partial charge in [-0.2, -0.15) is 0 Å². The Balaban J connectivity index is 1.36. The van der Waals surface area contributed by atoms with Crippen LogP contribution in [0.2, 0.25) is 0 Å². The van der Waals surface area contributed by atoms with Crippen LogP contribution in [0.15, 0.2) is 42.6 Å². The number of amides is 1. The smallest absolute Gasteiger partial charge is 0.255 e. The third kappa shape index (κ3) is 4.48. The number of rotatable bonds is 4. The van der Waals surface area contributed by atoms with Crippen molar-refractivity contribution >= 4 is 17.4 Å². The summed E-state index contributed by atoms with van der Waals surface area (Å²) in [6.07, 6.45) is 8.26. The van der Waals surface area contributed by atoms with E-state index in [0.717, 1.165) is 32.1 Å². The van der Waals surface area contributed by atoms with Gasteiger partial charge in [0.2, 0.25) is 0 Å². The summed E-state index contributed by atoms with van der Waals surface area (Å²) in [4.78, 5) is 19.2. The van der Waals surface area contributed by atoms with Gasteiger partial charge in [-0.05, 0) is 48.6 Å². The largest absolute Gasteiger partial charge is 0.378 e. The maximum Gasteiger partial charge on any atom is 0.255 e. The van der Waals surface area contributed by atoms with Gasteiger partial charge in [-0.3, -0.25) is 4.79 Å². The van der Waals surface area contributed by atoms with Crippen LogP contribution in [0.5, 0.6) is 0 Å². The second-order valence-corrected chi connectivity index (χ2v) is 7.42.